The number of hydrazine groups is 1. The maximum atomic E-state index is 12.6. The summed E-state index contributed by atoms with van der Waals surface area (Å²) >= 11 is 0. The number of hydrogen-bond donors (Lipinski definition) is 1. The fraction of sp³-hybridized carbons (Fsp3) is 0.412. The van der Waals surface area contributed by atoms with E-state index in [-0.39, 0.29) is 19.2 Å². The van der Waals surface area contributed by atoms with Gasteiger partial charge in [-0.25, -0.2) is 19.6 Å². The first-order chi connectivity index (χ1) is 12.1. The van der Waals surface area contributed by atoms with Crippen molar-refractivity contribution in [2.75, 3.05) is 13.1 Å². The van der Waals surface area contributed by atoms with Crippen LogP contribution < -0.4 is 0 Å². The molecule has 0 unspecified atom stereocenters. The Morgan fingerprint density at radius 2 is 1.76 bits per heavy atom. The number of hydrogen-bond acceptors (Lipinski definition) is 6. The van der Waals surface area contributed by atoms with Gasteiger partial charge in [0.25, 0.3) is 0 Å². The lowest BCUT2D eigenvalue weighted by Gasteiger charge is -2.36. The molecule has 0 bridgehead atoms. The van der Waals surface area contributed by atoms with Crippen molar-refractivity contribution in [3.05, 3.63) is 35.9 Å². The normalized spacial score (nSPS) is 15.6. The maximum absolute atomic E-state index is 12.6. The summed E-state index contributed by atoms with van der Waals surface area (Å²) in [5, 5.41) is 11.9. The third kappa shape index (κ3) is 4.63. The van der Waals surface area contributed by atoms with Crippen LogP contribution in [0.2, 0.25) is 0 Å². The van der Waals surface area contributed by atoms with Crippen molar-refractivity contribution < 1.29 is 29.0 Å². The Bertz CT molecular complexity index is 607. The Hall–Kier alpha value is -2.74. The minimum atomic E-state index is -1.63. The molecule has 1 atom stereocenters. The lowest BCUT2D eigenvalue weighted by molar-refractivity contribution is -0.156. The molecule has 2 rings (SSSR count). The zero-order valence-corrected chi connectivity index (χ0v) is 13.6. The van der Waals surface area contributed by atoms with Crippen molar-refractivity contribution in [1.29, 1.82) is 0 Å². The smallest absolute Gasteiger partial charge is 0.425 e. The molecule has 1 aliphatic heterocycles. The number of benzene rings is 1. The second-order valence-corrected chi connectivity index (χ2v) is 5.68. The molecular weight excluding hydrogens is 328 g/mol. The Kier molecular flexibility index (Phi) is 6.64. The number of aliphatic carboxylic acids is 1. The van der Waals surface area contributed by atoms with Gasteiger partial charge in [-0.3, -0.25) is 0 Å². The second kappa shape index (κ2) is 8.93. The number of amides is 1. The molecule has 0 saturated carbocycles. The first-order valence-electron chi connectivity index (χ1n) is 7.96. The van der Waals surface area contributed by atoms with Crippen LogP contribution in [0.15, 0.2) is 30.3 Å². The number of carboxylic acids is 1. The molecule has 0 aromatic heterocycles. The van der Waals surface area contributed by atoms with E-state index >= 15 is 0 Å². The highest BCUT2D eigenvalue weighted by molar-refractivity contribution is 5.90. The first kappa shape index (κ1) is 18.6. The summed E-state index contributed by atoms with van der Waals surface area (Å²) in [5.41, 5.74) is 0.742. The summed E-state index contributed by atoms with van der Waals surface area (Å²) in [6.07, 6.45) is 1.13. The van der Waals surface area contributed by atoms with Crippen LogP contribution in [0.3, 0.4) is 0 Å². The molecule has 1 saturated heterocycles. The van der Waals surface area contributed by atoms with Gasteiger partial charge >= 0.3 is 12.1 Å². The molecule has 1 aliphatic rings. The van der Waals surface area contributed by atoms with Gasteiger partial charge in [-0.2, -0.15) is 0 Å². The van der Waals surface area contributed by atoms with Gasteiger partial charge < -0.3 is 19.4 Å². The van der Waals surface area contributed by atoms with Crippen molar-refractivity contribution >= 4 is 24.6 Å². The standard InChI is InChI=1S/C17H20N2O6/c20-10-14(11-21)15(16(22)23)19(18-8-4-5-9-18)17(24)25-12-13-6-2-1-3-7-13/h1-3,6-7,10-11,14-15H,4-5,8-9,12H2,(H,22,23)/t15-/m0/s1. The van der Waals surface area contributed by atoms with E-state index in [4.69, 9.17) is 4.74 Å². The van der Waals surface area contributed by atoms with Crippen molar-refractivity contribution in [2.24, 2.45) is 5.92 Å². The molecule has 0 aliphatic carbocycles. The zero-order valence-electron chi connectivity index (χ0n) is 13.6. The van der Waals surface area contributed by atoms with Gasteiger partial charge in [0, 0.05) is 13.1 Å². The molecule has 1 aromatic rings. The Morgan fingerprint density at radius 1 is 1.16 bits per heavy atom. The lowest BCUT2D eigenvalue weighted by atomic mass is 10.0. The highest BCUT2D eigenvalue weighted by Gasteiger charge is 2.41. The maximum Gasteiger partial charge on any atom is 0.425 e. The molecule has 1 aromatic carbocycles. The Balaban J connectivity index is 2.21. The molecule has 0 spiro atoms. The van der Waals surface area contributed by atoms with Crippen LogP contribution in [0.4, 0.5) is 4.79 Å². The highest BCUT2D eigenvalue weighted by Crippen LogP contribution is 2.20. The lowest BCUT2D eigenvalue weighted by Crippen LogP contribution is -2.57. The van der Waals surface area contributed by atoms with E-state index in [1.165, 1.54) is 5.01 Å². The Morgan fingerprint density at radius 3 is 2.28 bits per heavy atom. The number of carbonyl (C=O) groups excluding carboxylic acids is 3. The quantitative estimate of drug-likeness (QED) is 0.554. The van der Waals surface area contributed by atoms with Crippen molar-refractivity contribution in [3.8, 4) is 0 Å². The third-order valence-electron chi connectivity index (χ3n) is 3.97. The zero-order chi connectivity index (χ0) is 18.2. The van der Waals surface area contributed by atoms with E-state index < -0.39 is 24.0 Å². The van der Waals surface area contributed by atoms with Crippen LogP contribution in [0.5, 0.6) is 0 Å². The number of rotatable bonds is 8. The summed E-state index contributed by atoms with van der Waals surface area (Å²) in [7, 11) is 0. The summed E-state index contributed by atoms with van der Waals surface area (Å²) < 4.78 is 5.22. The molecule has 1 fully saturated rings. The van der Waals surface area contributed by atoms with Gasteiger partial charge in [0.15, 0.2) is 6.04 Å². The SMILES string of the molecule is O=CC(C=O)[C@@H](C(=O)O)N(C(=O)OCc1ccccc1)N1CCCC1. The fourth-order valence-corrected chi connectivity index (χ4v) is 2.72. The fourth-order valence-electron chi connectivity index (χ4n) is 2.72. The first-order valence-corrected chi connectivity index (χ1v) is 7.96. The van der Waals surface area contributed by atoms with Crippen LogP contribution >= 0.6 is 0 Å². The van der Waals surface area contributed by atoms with Gasteiger partial charge in [0.05, 0.1) is 0 Å². The monoisotopic (exact) mass is 348 g/mol. The highest BCUT2D eigenvalue weighted by atomic mass is 16.6. The van der Waals surface area contributed by atoms with Gasteiger partial charge in [-0.15, -0.1) is 0 Å². The molecule has 1 N–H and O–H groups in total. The van der Waals surface area contributed by atoms with Crippen LogP contribution in [-0.4, -0.2) is 58.9 Å². The minimum absolute atomic E-state index is 0.0385. The van der Waals surface area contributed by atoms with E-state index in [2.05, 4.69) is 0 Å². The largest absolute Gasteiger partial charge is 0.480 e. The topological polar surface area (TPSA) is 104 Å². The van der Waals surface area contributed by atoms with Crippen LogP contribution in [-0.2, 0) is 25.7 Å². The average molecular weight is 348 g/mol. The number of aldehydes is 2. The predicted octanol–water partition coefficient (Wildman–Crippen LogP) is 1.10. The molecule has 8 heteroatoms. The summed E-state index contributed by atoms with van der Waals surface area (Å²) in [6.45, 7) is 0.868. The number of carboxylic acid groups (broad SMARTS) is 1. The van der Waals surface area contributed by atoms with E-state index in [0.717, 1.165) is 23.4 Å². The van der Waals surface area contributed by atoms with Gasteiger partial charge in [-0.05, 0) is 18.4 Å². The van der Waals surface area contributed by atoms with Crippen LogP contribution in [0, 0.1) is 5.92 Å². The van der Waals surface area contributed by atoms with Crippen molar-refractivity contribution in [2.45, 2.75) is 25.5 Å². The van der Waals surface area contributed by atoms with Gasteiger partial charge in [-0.1, -0.05) is 30.3 Å². The summed E-state index contributed by atoms with van der Waals surface area (Å²) in [5.74, 6) is -2.91. The van der Waals surface area contributed by atoms with Crippen LogP contribution in [0.25, 0.3) is 0 Å². The average Bonchev–Trinajstić information content (AvgIpc) is 3.14. The molecule has 25 heavy (non-hydrogen) atoms. The van der Waals surface area contributed by atoms with Crippen molar-refractivity contribution in [1.82, 2.24) is 10.0 Å². The number of carbonyl (C=O) groups is 4. The molecular formula is C17H20N2O6. The molecule has 1 heterocycles. The van der Waals surface area contributed by atoms with Crippen molar-refractivity contribution in [3.63, 3.8) is 0 Å². The number of ether oxygens (including phenoxy) is 1. The minimum Gasteiger partial charge on any atom is -0.480 e. The molecule has 134 valence electrons. The molecule has 8 nitrogen and oxygen atoms in total. The Labute approximate surface area is 144 Å². The number of nitrogens with zero attached hydrogens (tertiary/aromatic N) is 2. The van der Waals surface area contributed by atoms with E-state index in [9.17, 15) is 24.3 Å². The molecule has 1 amide bonds. The van der Waals surface area contributed by atoms with E-state index in [0.29, 0.717) is 13.1 Å². The molecule has 0 radical (unpaired) electrons. The second-order valence-electron chi connectivity index (χ2n) is 5.68. The summed E-state index contributed by atoms with van der Waals surface area (Å²) in [4.78, 5) is 46.4. The van der Waals surface area contributed by atoms with E-state index in [1.54, 1.807) is 24.3 Å². The van der Waals surface area contributed by atoms with Gasteiger partial charge in [0.2, 0.25) is 0 Å². The third-order valence-corrected chi connectivity index (χ3v) is 3.97. The summed E-state index contributed by atoms with van der Waals surface area (Å²) in [6, 6.07) is 7.30. The predicted molar refractivity (Wildman–Crippen MR) is 86.3 cm³/mol. The van der Waals surface area contributed by atoms with E-state index in [1.807, 2.05) is 6.07 Å². The van der Waals surface area contributed by atoms with Crippen LogP contribution in [0.1, 0.15) is 18.4 Å². The van der Waals surface area contributed by atoms with Gasteiger partial charge in [0.1, 0.15) is 25.1 Å².